The van der Waals surface area contributed by atoms with Crippen LogP contribution in [-0.2, 0) is 16.0 Å². The molecule has 1 heterocycles. The molecule has 7 heteroatoms. The average molecular weight is 398 g/mol. The zero-order valence-corrected chi connectivity index (χ0v) is 15.7. The summed E-state index contributed by atoms with van der Waals surface area (Å²) >= 11 is 0. The second kappa shape index (κ2) is 9.14. The summed E-state index contributed by atoms with van der Waals surface area (Å²) in [5.41, 5.74) is 1.09. The van der Waals surface area contributed by atoms with Crippen molar-refractivity contribution in [3.8, 4) is 11.3 Å². The standard InChI is InChI=1S/C22H20F2N2O3/c1-25-22(28)21(15-7-10-17(23)18(24)13-15)26-20(27)12-9-16-8-11-19(29-16)14-5-3-2-4-6-14/h2-8,10-11,13,21H,9,12H2,1H3,(H,25,28)(H,26,27)/t21-/m0/s1. The van der Waals surface area contributed by atoms with Crippen LogP contribution >= 0.6 is 0 Å². The molecule has 0 aliphatic carbocycles. The summed E-state index contributed by atoms with van der Waals surface area (Å²) in [5.74, 6) is -1.73. The number of benzene rings is 2. The Morgan fingerprint density at radius 1 is 1.00 bits per heavy atom. The van der Waals surface area contributed by atoms with Crippen molar-refractivity contribution in [3.63, 3.8) is 0 Å². The van der Waals surface area contributed by atoms with E-state index in [1.165, 1.54) is 13.1 Å². The highest BCUT2D eigenvalue weighted by Crippen LogP contribution is 2.22. The average Bonchev–Trinajstić information content (AvgIpc) is 3.22. The zero-order chi connectivity index (χ0) is 20.8. The van der Waals surface area contributed by atoms with Crippen LogP contribution in [0.3, 0.4) is 0 Å². The molecular weight excluding hydrogens is 378 g/mol. The zero-order valence-electron chi connectivity index (χ0n) is 15.7. The SMILES string of the molecule is CNC(=O)[C@@H](NC(=O)CCc1ccc(-c2ccccc2)o1)c1ccc(F)c(F)c1. The van der Waals surface area contributed by atoms with Crippen molar-refractivity contribution in [2.75, 3.05) is 7.05 Å². The number of aryl methyl sites for hydroxylation is 1. The topological polar surface area (TPSA) is 71.3 Å². The molecule has 0 aliphatic heterocycles. The summed E-state index contributed by atoms with van der Waals surface area (Å²) in [5, 5.41) is 4.97. The molecule has 29 heavy (non-hydrogen) atoms. The Morgan fingerprint density at radius 2 is 1.76 bits per heavy atom. The van der Waals surface area contributed by atoms with Crippen molar-refractivity contribution < 1.29 is 22.8 Å². The van der Waals surface area contributed by atoms with Gasteiger partial charge in [0.2, 0.25) is 11.8 Å². The van der Waals surface area contributed by atoms with Gasteiger partial charge >= 0.3 is 0 Å². The van der Waals surface area contributed by atoms with Crippen LogP contribution in [0.4, 0.5) is 8.78 Å². The van der Waals surface area contributed by atoms with Crippen LogP contribution in [0.25, 0.3) is 11.3 Å². The predicted molar refractivity (Wildman–Crippen MR) is 104 cm³/mol. The molecule has 0 saturated carbocycles. The first-order chi connectivity index (χ1) is 14.0. The van der Waals surface area contributed by atoms with Crippen LogP contribution in [0, 0.1) is 11.6 Å². The summed E-state index contributed by atoms with van der Waals surface area (Å²) in [7, 11) is 1.40. The maximum absolute atomic E-state index is 13.5. The lowest BCUT2D eigenvalue weighted by atomic mass is 10.1. The summed E-state index contributed by atoms with van der Waals surface area (Å²) in [6, 6.07) is 15.1. The van der Waals surface area contributed by atoms with Gasteiger partial charge in [-0.3, -0.25) is 9.59 Å². The highest BCUT2D eigenvalue weighted by Gasteiger charge is 2.23. The van der Waals surface area contributed by atoms with E-state index >= 15 is 0 Å². The van der Waals surface area contributed by atoms with E-state index in [9.17, 15) is 18.4 Å². The van der Waals surface area contributed by atoms with E-state index in [4.69, 9.17) is 4.42 Å². The third kappa shape index (κ3) is 5.07. The number of amides is 2. The number of hydrogen-bond donors (Lipinski definition) is 2. The van der Waals surface area contributed by atoms with Crippen LogP contribution in [0.1, 0.15) is 23.8 Å². The van der Waals surface area contributed by atoms with Gasteiger partial charge in [-0.05, 0) is 29.8 Å². The first kappa shape index (κ1) is 20.3. The van der Waals surface area contributed by atoms with E-state index in [-0.39, 0.29) is 12.0 Å². The number of carbonyl (C=O) groups excluding carboxylic acids is 2. The van der Waals surface area contributed by atoms with Crippen molar-refractivity contribution in [2.45, 2.75) is 18.9 Å². The fraction of sp³-hybridized carbons (Fsp3) is 0.182. The highest BCUT2D eigenvalue weighted by molar-refractivity contribution is 5.88. The second-order valence-electron chi connectivity index (χ2n) is 6.42. The molecule has 0 fully saturated rings. The molecule has 2 amide bonds. The number of carbonyl (C=O) groups is 2. The molecule has 0 spiro atoms. The molecule has 3 aromatic rings. The van der Waals surface area contributed by atoms with Gasteiger partial charge in [-0.2, -0.15) is 0 Å². The van der Waals surface area contributed by atoms with E-state index in [0.29, 0.717) is 17.9 Å². The molecule has 2 N–H and O–H groups in total. The molecule has 3 rings (SSSR count). The second-order valence-corrected chi connectivity index (χ2v) is 6.42. The van der Waals surface area contributed by atoms with Crippen LogP contribution in [-0.4, -0.2) is 18.9 Å². The number of rotatable bonds is 7. The van der Waals surface area contributed by atoms with Gasteiger partial charge in [0.25, 0.3) is 0 Å². The molecule has 0 radical (unpaired) electrons. The molecule has 150 valence electrons. The summed E-state index contributed by atoms with van der Waals surface area (Å²) < 4.78 is 32.4. The molecule has 0 unspecified atom stereocenters. The number of likely N-dealkylation sites (N-methyl/N-ethyl adjacent to an activating group) is 1. The summed E-state index contributed by atoms with van der Waals surface area (Å²) in [6.45, 7) is 0. The first-order valence-corrected chi connectivity index (χ1v) is 9.08. The van der Waals surface area contributed by atoms with Gasteiger partial charge < -0.3 is 15.1 Å². The smallest absolute Gasteiger partial charge is 0.246 e. The lowest BCUT2D eigenvalue weighted by Crippen LogP contribution is -2.39. The number of hydrogen-bond acceptors (Lipinski definition) is 3. The molecule has 0 aliphatic rings. The Morgan fingerprint density at radius 3 is 2.45 bits per heavy atom. The summed E-state index contributed by atoms with van der Waals surface area (Å²) in [6.07, 6.45) is 0.399. The molecule has 1 atom stereocenters. The van der Waals surface area contributed by atoms with Crippen molar-refractivity contribution in [1.82, 2.24) is 10.6 Å². The Bertz CT molecular complexity index is 1000. The maximum Gasteiger partial charge on any atom is 0.246 e. The normalized spacial score (nSPS) is 11.7. The Labute approximate surface area is 166 Å². The van der Waals surface area contributed by atoms with E-state index in [1.54, 1.807) is 6.07 Å². The molecule has 0 saturated heterocycles. The predicted octanol–water partition coefficient (Wildman–Crippen LogP) is 3.76. The van der Waals surface area contributed by atoms with Crippen molar-refractivity contribution in [3.05, 3.63) is 83.6 Å². The monoisotopic (exact) mass is 398 g/mol. The highest BCUT2D eigenvalue weighted by atomic mass is 19.2. The minimum absolute atomic E-state index is 0.0684. The van der Waals surface area contributed by atoms with Crippen LogP contribution < -0.4 is 10.6 Å². The fourth-order valence-corrected chi connectivity index (χ4v) is 2.88. The Kier molecular flexibility index (Phi) is 6.39. The van der Waals surface area contributed by atoms with Gasteiger partial charge in [0.1, 0.15) is 17.6 Å². The fourth-order valence-electron chi connectivity index (χ4n) is 2.88. The van der Waals surface area contributed by atoms with Gasteiger partial charge in [0.15, 0.2) is 11.6 Å². The summed E-state index contributed by atoms with van der Waals surface area (Å²) in [4.78, 5) is 24.5. The van der Waals surface area contributed by atoms with Gasteiger partial charge in [0.05, 0.1) is 0 Å². The minimum atomic E-state index is -1.13. The molecular formula is C22H20F2N2O3. The largest absolute Gasteiger partial charge is 0.461 e. The third-order valence-electron chi connectivity index (χ3n) is 4.41. The van der Waals surface area contributed by atoms with Gasteiger partial charge in [-0.15, -0.1) is 0 Å². The van der Waals surface area contributed by atoms with E-state index in [1.807, 2.05) is 36.4 Å². The van der Waals surface area contributed by atoms with Crippen LogP contribution in [0.5, 0.6) is 0 Å². The van der Waals surface area contributed by atoms with Crippen molar-refractivity contribution in [1.29, 1.82) is 0 Å². The van der Waals surface area contributed by atoms with Crippen LogP contribution in [0.15, 0.2) is 65.1 Å². The van der Waals surface area contributed by atoms with Crippen molar-refractivity contribution in [2.24, 2.45) is 0 Å². The van der Waals surface area contributed by atoms with Crippen LogP contribution in [0.2, 0.25) is 0 Å². The van der Waals surface area contributed by atoms with E-state index in [0.717, 1.165) is 17.7 Å². The quantitative estimate of drug-likeness (QED) is 0.637. The van der Waals surface area contributed by atoms with Crippen molar-refractivity contribution >= 4 is 11.8 Å². The lowest BCUT2D eigenvalue weighted by Gasteiger charge is -2.18. The van der Waals surface area contributed by atoms with Gasteiger partial charge in [-0.1, -0.05) is 36.4 Å². The minimum Gasteiger partial charge on any atom is -0.461 e. The first-order valence-electron chi connectivity index (χ1n) is 9.08. The van der Waals surface area contributed by atoms with Gasteiger partial charge in [-0.25, -0.2) is 8.78 Å². The molecule has 0 bridgehead atoms. The number of furan rings is 1. The Balaban J connectivity index is 1.64. The van der Waals surface area contributed by atoms with E-state index < -0.39 is 29.5 Å². The van der Waals surface area contributed by atoms with Gasteiger partial charge in [0, 0.05) is 25.5 Å². The Hall–Kier alpha value is -3.48. The number of halogens is 2. The molecule has 1 aromatic heterocycles. The van der Waals surface area contributed by atoms with E-state index in [2.05, 4.69) is 10.6 Å². The third-order valence-corrected chi connectivity index (χ3v) is 4.41. The maximum atomic E-state index is 13.5. The molecule has 5 nitrogen and oxygen atoms in total. The number of nitrogens with one attached hydrogen (secondary N) is 2. The lowest BCUT2D eigenvalue weighted by molar-refractivity contribution is -0.128. The molecule has 2 aromatic carbocycles.